The second-order valence-corrected chi connectivity index (χ2v) is 9.49. The first-order valence-corrected chi connectivity index (χ1v) is 12.1. The van der Waals surface area contributed by atoms with Crippen LogP contribution in [0.15, 0.2) is 69.6 Å². The smallest absolute Gasteiger partial charge is 0.338 e. The molecule has 1 atom stereocenters. The zero-order chi connectivity index (χ0) is 25.1. The van der Waals surface area contributed by atoms with E-state index in [1.165, 1.54) is 15.9 Å². The van der Waals surface area contributed by atoms with E-state index >= 15 is 0 Å². The van der Waals surface area contributed by atoms with Crippen molar-refractivity contribution in [3.8, 4) is 11.8 Å². The molecule has 4 rings (SSSR count). The molecule has 0 radical (unpaired) electrons. The molecule has 2 heterocycles. The number of ether oxygens (including phenoxy) is 2. The van der Waals surface area contributed by atoms with E-state index in [2.05, 4.69) is 4.99 Å². The Balaban J connectivity index is 1.90. The molecule has 1 unspecified atom stereocenters. The van der Waals surface area contributed by atoms with Crippen LogP contribution >= 0.6 is 22.9 Å². The van der Waals surface area contributed by atoms with Crippen LogP contribution in [0.25, 0.3) is 6.08 Å². The molecule has 0 bridgehead atoms. The zero-order valence-electron chi connectivity index (χ0n) is 19.3. The third-order valence-corrected chi connectivity index (χ3v) is 6.57. The molecule has 35 heavy (non-hydrogen) atoms. The molecule has 1 aliphatic heterocycles. The molecule has 0 amide bonds. The summed E-state index contributed by atoms with van der Waals surface area (Å²) in [6, 6.07) is 15.4. The van der Waals surface area contributed by atoms with Gasteiger partial charge in [0.05, 0.1) is 21.9 Å². The van der Waals surface area contributed by atoms with E-state index in [0.717, 1.165) is 5.56 Å². The third-order valence-electron chi connectivity index (χ3n) is 5.24. The predicted molar refractivity (Wildman–Crippen MR) is 134 cm³/mol. The minimum atomic E-state index is -0.779. The van der Waals surface area contributed by atoms with Gasteiger partial charge in [0.1, 0.15) is 17.9 Å². The largest absolute Gasteiger partial charge is 0.479 e. The van der Waals surface area contributed by atoms with E-state index in [1.807, 2.05) is 18.2 Å². The van der Waals surface area contributed by atoms with Crippen molar-refractivity contribution in [2.75, 3.05) is 6.61 Å². The molecule has 0 saturated heterocycles. The minimum Gasteiger partial charge on any atom is -0.479 e. The number of nitriles is 1. The summed E-state index contributed by atoms with van der Waals surface area (Å²) in [5.41, 5.74) is 1.79. The van der Waals surface area contributed by atoms with Gasteiger partial charge in [-0.3, -0.25) is 9.36 Å². The summed E-state index contributed by atoms with van der Waals surface area (Å²) < 4.78 is 12.8. The molecule has 0 N–H and O–H groups in total. The monoisotopic (exact) mass is 507 g/mol. The van der Waals surface area contributed by atoms with Crippen molar-refractivity contribution in [1.29, 1.82) is 5.26 Å². The fraction of sp³-hybridized carbons (Fsp3) is 0.231. The topological polar surface area (TPSA) is 93.7 Å². The molecule has 1 aliphatic rings. The molecule has 0 fully saturated rings. The van der Waals surface area contributed by atoms with Crippen molar-refractivity contribution >= 4 is 35.0 Å². The number of rotatable bonds is 6. The van der Waals surface area contributed by atoms with E-state index in [4.69, 9.17) is 26.3 Å². The summed E-state index contributed by atoms with van der Waals surface area (Å²) in [5, 5.41) is 9.18. The Morgan fingerprint density at radius 1 is 1.29 bits per heavy atom. The van der Waals surface area contributed by atoms with E-state index in [1.54, 1.807) is 63.2 Å². The van der Waals surface area contributed by atoms with Gasteiger partial charge in [-0.25, -0.2) is 9.79 Å². The van der Waals surface area contributed by atoms with Gasteiger partial charge in [-0.2, -0.15) is 5.26 Å². The summed E-state index contributed by atoms with van der Waals surface area (Å²) in [4.78, 5) is 31.8. The van der Waals surface area contributed by atoms with Gasteiger partial charge in [-0.15, -0.1) is 0 Å². The molecule has 7 nitrogen and oxygen atoms in total. The van der Waals surface area contributed by atoms with Gasteiger partial charge in [-0.1, -0.05) is 53.3 Å². The number of aromatic nitrogens is 1. The van der Waals surface area contributed by atoms with E-state index in [0.29, 0.717) is 31.4 Å². The number of nitrogens with zero attached hydrogens (tertiary/aromatic N) is 3. The van der Waals surface area contributed by atoms with Crippen LogP contribution in [0.3, 0.4) is 0 Å². The van der Waals surface area contributed by atoms with E-state index < -0.39 is 12.0 Å². The number of carbonyl (C=O) groups excluding carboxylic acids is 1. The molecule has 2 aromatic carbocycles. The Hall–Kier alpha value is -3.67. The van der Waals surface area contributed by atoms with Gasteiger partial charge < -0.3 is 9.47 Å². The number of esters is 1. The first-order chi connectivity index (χ1) is 16.8. The molecular weight excluding hydrogens is 486 g/mol. The molecule has 1 aromatic heterocycles. The SMILES string of the molecule is CC1=C(C(=O)OC(C)C)C(c2ccccc2Cl)n2c(sc(=Cc3cccc(OCC#N)c3)c2=O)=N1. The van der Waals surface area contributed by atoms with Crippen LogP contribution in [0.4, 0.5) is 0 Å². The van der Waals surface area contributed by atoms with Gasteiger partial charge >= 0.3 is 5.97 Å². The molecule has 0 saturated carbocycles. The van der Waals surface area contributed by atoms with E-state index in [9.17, 15) is 9.59 Å². The van der Waals surface area contributed by atoms with E-state index in [-0.39, 0.29) is 23.8 Å². The number of fused-ring (bicyclic) bond motifs is 1. The van der Waals surface area contributed by atoms with Crippen molar-refractivity contribution in [2.45, 2.75) is 32.9 Å². The second-order valence-electron chi connectivity index (χ2n) is 8.08. The Bertz CT molecular complexity index is 1550. The molecule has 0 spiro atoms. The predicted octanol–water partition coefficient (Wildman–Crippen LogP) is 3.74. The Kier molecular flexibility index (Phi) is 7.20. The normalized spacial score (nSPS) is 15.4. The Morgan fingerprint density at radius 3 is 2.77 bits per heavy atom. The number of hydrogen-bond donors (Lipinski definition) is 0. The fourth-order valence-electron chi connectivity index (χ4n) is 3.81. The Morgan fingerprint density at radius 2 is 2.06 bits per heavy atom. The first-order valence-electron chi connectivity index (χ1n) is 10.9. The molecular formula is C26H22ClN3O4S. The Labute approximate surface area is 210 Å². The minimum absolute atomic E-state index is 0.0714. The van der Waals surface area contributed by atoms with Crippen LogP contribution < -0.4 is 19.6 Å². The highest BCUT2D eigenvalue weighted by molar-refractivity contribution is 7.07. The van der Waals surface area contributed by atoms with Crippen molar-refractivity contribution in [3.63, 3.8) is 0 Å². The van der Waals surface area contributed by atoms with Crippen LogP contribution in [0.5, 0.6) is 5.75 Å². The lowest BCUT2D eigenvalue weighted by molar-refractivity contribution is -0.143. The van der Waals surface area contributed by atoms with Gasteiger partial charge in [0.15, 0.2) is 11.4 Å². The number of allylic oxidation sites excluding steroid dienone is 1. The zero-order valence-corrected chi connectivity index (χ0v) is 20.9. The lowest BCUT2D eigenvalue weighted by Crippen LogP contribution is -2.40. The molecule has 178 valence electrons. The first kappa shape index (κ1) is 24.5. The highest BCUT2D eigenvalue weighted by Gasteiger charge is 2.34. The molecule has 0 aliphatic carbocycles. The number of halogens is 1. The quantitative estimate of drug-likeness (QED) is 0.474. The fourth-order valence-corrected chi connectivity index (χ4v) is 5.10. The maximum atomic E-state index is 13.7. The average molecular weight is 508 g/mol. The number of carbonyl (C=O) groups is 1. The van der Waals surface area contributed by atoms with Crippen LogP contribution in [0, 0.1) is 11.3 Å². The maximum absolute atomic E-state index is 13.7. The summed E-state index contributed by atoms with van der Waals surface area (Å²) in [5.74, 6) is -0.0145. The standard InChI is InChI=1S/C26H22ClN3O4S/c1-15(2)34-25(32)22-16(3)29-26-30(23(22)19-9-4-5-10-20(19)27)24(31)21(35-26)14-17-7-6-8-18(13-17)33-12-11-28/h4-10,13-15,23H,12H2,1-3H3. The van der Waals surface area contributed by atoms with Crippen LogP contribution in [0.2, 0.25) is 5.02 Å². The number of thiazole rings is 1. The summed E-state index contributed by atoms with van der Waals surface area (Å²) >= 11 is 7.76. The number of hydrogen-bond acceptors (Lipinski definition) is 7. The number of benzene rings is 2. The van der Waals surface area contributed by atoms with Gasteiger partial charge in [0.2, 0.25) is 0 Å². The highest BCUT2D eigenvalue weighted by Crippen LogP contribution is 2.34. The van der Waals surface area contributed by atoms with Crippen molar-refractivity contribution < 1.29 is 14.3 Å². The van der Waals surface area contributed by atoms with Crippen LogP contribution in [-0.4, -0.2) is 23.2 Å². The summed E-state index contributed by atoms with van der Waals surface area (Å²) in [7, 11) is 0. The van der Waals surface area contributed by atoms with Gasteiger partial charge in [0, 0.05) is 5.02 Å². The van der Waals surface area contributed by atoms with Gasteiger partial charge in [0.25, 0.3) is 5.56 Å². The highest BCUT2D eigenvalue weighted by atomic mass is 35.5. The van der Waals surface area contributed by atoms with Crippen LogP contribution in [-0.2, 0) is 9.53 Å². The summed E-state index contributed by atoms with van der Waals surface area (Å²) in [6.45, 7) is 5.19. The van der Waals surface area contributed by atoms with Crippen molar-refractivity contribution in [2.24, 2.45) is 4.99 Å². The molecule has 3 aromatic rings. The van der Waals surface area contributed by atoms with Gasteiger partial charge in [-0.05, 0) is 56.2 Å². The lowest BCUT2D eigenvalue weighted by Gasteiger charge is -2.26. The summed E-state index contributed by atoms with van der Waals surface area (Å²) in [6.07, 6.45) is 1.40. The molecule has 9 heteroatoms. The van der Waals surface area contributed by atoms with Crippen molar-refractivity contribution in [1.82, 2.24) is 4.57 Å². The maximum Gasteiger partial charge on any atom is 0.338 e. The second kappa shape index (κ2) is 10.3. The lowest BCUT2D eigenvalue weighted by atomic mass is 9.96. The third kappa shape index (κ3) is 5.06. The average Bonchev–Trinajstić information content (AvgIpc) is 3.11. The van der Waals surface area contributed by atoms with Crippen LogP contribution in [0.1, 0.15) is 37.9 Å². The van der Waals surface area contributed by atoms with Crippen molar-refractivity contribution in [3.05, 3.63) is 95.6 Å².